The van der Waals surface area contributed by atoms with Crippen LogP contribution in [0.25, 0.3) is 0 Å². The smallest absolute Gasteiger partial charge is 0.179 e. The molecule has 2 nitrogen and oxygen atoms in total. The van der Waals surface area contributed by atoms with Crippen LogP contribution in [0, 0.1) is 0 Å². The molecule has 1 atom stereocenters. The van der Waals surface area contributed by atoms with E-state index < -0.39 is 0 Å². The van der Waals surface area contributed by atoms with Crippen molar-refractivity contribution in [2.75, 3.05) is 6.54 Å². The Hall–Kier alpha value is -0.860. The summed E-state index contributed by atoms with van der Waals surface area (Å²) in [5.74, 6) is 0.139. The van der Waals surface area contributed by atoms with Crippen molar-refractivity contribution < 1.29 is 4.79 Å². The molecule has 1 rings (SSSR count). The Morgan fingerprint density at radius 3 is 2.50 bits per heavy atom. The third kappa shape index (κ3) is 3.82. The van der Waals surface area contributed by atoms with Crippen LogP contribution >= 0.6 is 11.6 Å². The van der Waals surface area contributed by atoms with Gasteiger partial charge in [-0.3, -0.25) is 9.69 Å². The van der Waals surface area contributed by atoms with Gasteiger partial charge in [0.1, 0.15) is 0 Å². The van der Waals surface area contributed by atoms with E-state index in [2.05, 4.69) is 25.7 Å². The van der Waals surface area contributed by atoms with Gasteiger partial charge in [0, 0.05) is 16.6 Å². The van der Waals surface area contributed by atoms with Crippen molar-refractivity contribution in [3.63, 3.8) is 0 Å². The highest BCUT2D eigenvalue weighted by Crippen LogP contribution is 2.16. The lowest BCUT2D eigenvalue weighted by atomic mass is 10.0. The van der Waals surface area contributed by atoms with Gasteiger partial charge in [0.25, 0.3) is 0 Å². The second kappa shape index (κ2) is 6.91. The number of carbonyl (C=O) groups excluding carboxylic acids is 1. The van der Waals surface area contributed by atoms with E-state index in [4.69, 9.17) is 11.6 Å². The maximum Gasteiger partial charge on any atom is 0.179 e. The SMILES string of the molecule is CCCN(C(C)C)C(C)C(=O)c1cccc(Cl)c1. The van der Waals surface area contributed by atoms with Crippen molar-refractivity contribution in [2.24, 2.45) is 0 Å². The Bertz CT molecular complexity index is 403. The molecule has 0 heterocycles. The molecule has 1 aromatic carbocycles. The van der Waals surface area contributed by atoms with Crippen molar-refractivity contribution in [3.8, 4) is 0 Å². The van der Waals surface area contributed by atoms with Crippen molar-refractivity contribution in [2.45, 2.75) is 46.2 Å². The van der Waals surface area contributed by atoms with Gasteiger partial charge in [-0.1, -0.05) is 30.7 Å². The van der Waals surface area contributed by atoms with E-state index in [-0.39, 0.29) is 11.8 Å². The average molecular weight is 268 g/mol. The van der Waals surface area contributed by atoms with Crippen LogP contribution in [0.4, 0.5) is 0 Å². The summed E-state index contributed by atoms with van der Waals surface area (Å²) in [5.41, 5.74) is 0.691. The van der Waals surface area contributed by atoms with Crippen molar-refractivity contribution >= 4 is 17.4 Å². The number of nitrogens with zero attached hydrogens (tertiary/aromatic N) is 1. The molecule has 18 heavy (non-hydrogen) atoms. The van der Waals surface area contributed by atoms with Gasteiger partial charge in [-0.15, -0.1) is 0 Å². The first-order valence-corrected chi connectivity index (χ1v) is 6.90. The second-order valence-electron chi connectivity index (χ2n) is 4.88. The highest BCUT2D eigenvalue weighted by atomic mass is 35.5. The van der Waals surface area contributed by atoms with Crippen molar-refractivity contribution in [3.05, 3.63) is 34.9 Å². The summed E-state index contributed by atoms with van der Waals surface area (Å²) >= 11 is 5.93. The summed E-state index contributed by atoms with van der Waals surface area (Å²) < 4.78 is 0. The first kappa shape index (κ1) is 15.2. The van der Waals surface area contributed by atoms with Crippen molar-refractivity contribution in [1.82, 2.24) is 4.90 Å². The van der Waals surface area contributed by atoms with E-state index >= 15 is 0 Å². The largest absolute Gasteiger partial charge is 0.292 e. The minimum absolute atomic E-state index is 0.108. The van der Waals surface area contributed by atoms with E-state index in [0.29, 0.717) is 16.6 Å². The van der Waals surface area contributed by atoms with Gasteiger partial charge in [0.2, 0.25) is 0 Å². The quantitative estimate of drug-likeness (QED) is 0.726. The summed E-state index contributed by atoms with van der Waals surface area (Å²) in [6.45, 7) is 9.28. The third-order valence-electron chi connectivity index (χ3n) is 3.13. The molecule has 3 heteroatoms. The Morgan fingerprint density at radius 1 is 1.33 bits per heavy atom. The number of hydrogen-bond acceptors (Lipinski definition) is 2. The van der Waals surface area contributed by atoms with Crippen LogP contribution in [0.5, 0.6) is 0 Å². The number of hydrogen-bond donors (Lipinski definition) is 0. The number of ketones is 1. The lowest BCUT2D eigenvalue weighted by Crippen LogP contribution is -2.43. The normalized spacial score (nSPS) is 13.1. The lowest BCUT2D eigenvalue weighted by Gasteiger charge is -2.31. The third-order valence-corrected chi connectivity index (χ3v) is 3.37. The Balaban J connectivity index is 2.88. The molecule has 0 spiro atoms. The first-order valence-electron chi connectivity index (χ1n) is 6.52. The zero-order chi connectivity index (χ0) is 13.7. The molecule has 0 aliphatic heterocycles. The second-order valence-corrected chi connectivity index (χ2v) is 5.32. The summed E-state index contributed by atoms with van der Waals surface area (Å²) in [6, 6.07) is 7.43. The van der Waals surface area contributed by atoms with E-state index in [9.17, 15) is 4.79 Å². The number of rotatable bonds is 6. The molecule has 1 aromatic rings. The average Bonchev–Trinajstić information content (AvgIpc) is 2.33. The zero-order valence-corrected chi connectivity index (χ0v) is 12.4. The van der Waals surface area contributed by atoms with Gasteiger partial charge in [0.05, 0.1) is 6.04 Å². The van der Waals surface area contributed by atoms with Gasteiger partial charge >= 0.3 is 0 Å². The van der Waals surface area contributed by atoms with Crippen molar-refractivity contribution in [1.29, 1.82) is 0 Å². The van der Waals surface area contributed by atoms with Crippen LogP contribution in [-0.2, 0) is 0 Å². The van der Waals surface area contributed by atoms with E-state index in [1.807, 2.05) is 19.1 Å². The van der Waals surface area contributed by atoms with Crippen LogP contribution in [0.3, 0.4) is 0 Å². The minimum atomic E-state index is -0.108. The Labute approximate surface area is 115 Å². The topological polar surface area (TPSA) is 20.3 Å². The van der Waals surface area contributed by atoms with Crippen LogP contribution in [0.2, 0.25) is 5.02 Å². The highest BCUT2D eigenvalue weighted by molar-refractivity contribution is 6.31. The molecule has 0 aliphatic carbocycles. The molecule has 0 saturated heterocycles. The molecule has 0 N–H and O–H groups in total. The molecule has 0 bridgehead atoms. The van der Waals surface area contributed by atoms with Gasteiger partial charge in [-0.25, -0.2) is 0 Å². The predicted octanol–water partition coefficient (Wildman–Crippen LogP) is 4.03. The molecule has 0 radical (unpaired) electrons. The Kier molecular flexibility index (Phi) is 5.83. The summed E-state index contributed by atoms with van der Waals surface area (Å²) in [6.07, 6.45) is 1.05. The predicted molar refractivity (Wildman–Crippen MR) is 77.4 cm³/mol. The molecule has 1 unspecified atom stereocenters. The zero-order valence-electron chi connectivity index (χ0n) is 11.6. The summed E-state index contributed by atoms with van der Waals surface area (Å²) in [7, 11) is 0. The fourth-order valence-electron chi connectivity index (χ4n) is 2.19. The molecular formula is C15H22ClNO. The van der Waals surface area contributed by atoms with Gasteiger partial charge in [0.15, 0.2) is 5.78 Å². The standard InChI is InChI=1S/C15H22ClNO/c1-5-9-17(11(2)3)12(4)15(18)13-7-6-8-14(16)10-13/h6-8,10-12H,5,9H2,1-4H3. The van der Waals surface area contributed by atoms with E-state index in [1.165, 1.54) is 0 Å². The fraction of sp³-hybridized carbons (Fsp3) is 0.533. The number of benzene rings is 1. The van der Waals surface area contributed by atoms with Crippen LogP contribution in [-0.4, -0.2) is 29.3 Å². The molecule has 100 valence electrons. The monoisotopic (exact) mass is 267 g/mol. The number of Topliss-reactive ketones (excluding diaryl/α,β-unsaturated/α-hetero) is 1. The minimum Gasteiger partial charge on any atom is -0.292 e. The van der Waals surface area contributed by atoms with Gasteiger partial charge < -0.3 is 0 Å². The molecule has 0 saturated carbocycles. The highest BCUT2D eigenvalue weighted by Gasteiger charge is 2.23. The maximum atomic E-state index is 12.4. The molecule has 0 aliphatic rings. The van der Waals surface area contributed by atoms with Gasteiger partial charge in [-0.2, -0.15) is 0 Å². The van der Waals surface area contributed by atoms with E-state index in [1.54, 1.807) is 12.1 Å². The Morgan fingerprint density at radius 2 is 2.00 bits per heavy atom. The summed E-state index contributed by atoms with van der Waals surface area (Å²) in [5, 5.41) is 0.611. The van der Waals surface area contributed by atoms with Crippen LogP contribution in [0.1, 0.15) is 44.5 Å². The lowest BCUT2D eigenvalue weighted by molar-refractivity contribution is 0.0789. The molecule has 0 fully saturated rings. The maximum absolute atomic E-state index is 12.4. The fourth-order valence-corrected chi connectivity index (χ4v) is 2.38. The molecule has 0 amide bonds. The number of carbonyl (C=O) groups is 1. The summed E-state index contributed by atoms with van der Waals surface area (Å²) in [4.78, 5) is 14.6. The van der Waals surface area contributed by atoms with Crippen LogP contribution < -0.4 is 0 Å². The number of halogens is 1. The van der Waals surface area contributed by atoms with E-state index in [0.717, 1.165) is 13.0 Å². The molecule has 0 aromatic heterocycles. The molecular weight excluding hydrogens is 246 g/mol. The van der Waals surface area contributed by atoms with Gasteiger partial charge in [-0.05, 0) is 45.9 Å². The van der Waals surface area contributed by atoms with Crippen LogP contribution in [0.15, 0.2) is 24.3 Å². The first-order chi connectivity index (χ1) is 8.47.